The Morgan fingerprint density at radius 3 is 2.51 bits per heavy atom. The van der Waals surface area contributed by atoms with Crippen LogP contribution in [0.4, 0.5) is 18.9 Å². The van der Waals surface area contributed by atoms with Gasteiger partial charge in [0.25, 0.3) is 0 Å². The molecule has 0 radical (unpaired) electrons. The SMILES string of the molecule is CNC(=O)[C@@H]1CN(C(=O)COCCOC)C[C@H]1C1CCN(c2ccc(C#N)c(C(F)(F)F)c2)CC1. The van der Waals surface area contributed by atoms with Gasteiger partial charge in [0.15, 0.2) is 0 Å². The first-order chi connectivity index (χ1) is 16.7. The Bertz CT molecular complexity index is 942. The summed E-state index contributed by atoms with van der Waals surface area (Å²) < 4.78 is 50.3. The lowest BCUT2D eigenvalue weighted by Gasteiger charge is -2.37. The molecule has 2 atom stereocenters. The molecule has 11 heteroatoms. The van der Waals surface area contributed by atoms with E-state index in [9.17, 15) is 22.8 Å². The van der Waals surface area contributed by atoms with E-state index in [0.717, 1.165) is 6.07 Å². The van der Waals surface area contributed by atoms with Gasteiger partial charge in [-0.25, -0.2) is 0 Å². The van der Waals surface area contributed by atoms with Crippen molar-refractivity contribution in [2.75, 3.05) is 65.1 Å². The third kappa shape index (κ3) is 6.44. The number of carbonyl (C=O) groups excluding carboxylic acids is 2. The number of anilines is 1. The molecule has 1 aromatic carbocycles. The smallest absolute Gasteiger partial charge is 0.382 e. The highest BCUT2D eigenvalue weighted by atomic mass is 19.4. The van der Waals surface area contributed by atoms with Crippen LogP contribution < -0.4 is 10.2 Å². The second-order valence-corrected chi connectivity index (χ2v) is 8.89. The zero-order valence-electron chi connectivity index (χ0n) is 19.9. The number of piperidine rings is 1. The zero-order chi connectivity index (χ0) is 25.6. The number of amides is 2. The van der Waals surface area contributed by atoms with Crippen LogP contribution in [-0.2, 0) is 25.2 Å². The number of nitrogens with zero attached hydrogens (tertiary/aromatic N) is 3. The van der Waals surface area contributed by atoms with E-state index in [4.69, 9.17) is 14.7 Å². The van der Waals surface area contributed by atoms with Gasteiger partial charge in [-0.15, -0.1) is 0 Å². The summed E-state index contributed by atoms with van der Waals surface area (Å²) in [6.45, 7) is 2.44. The van der Waals surface area contributed by atoms with Crippen molar-refractivity contribution in [1.29, 1.82) is 5.26 Å². The lowest BCUT2D eigenvalue weighted by atomic mass is 9.78. The van der Waals surface area contributed by atoms with Gasteiger partial charge < -0.3 is 24.6 Å². The van der Waals surface area contributed by atoms with Gasteiger partial charge in [-0.1, -0.05) is 0 Å². The first-order valence-electron chi connectivity index (χ1n) is 11.6. The predicted molar refractivity (Wildman–Crippen MR) is 121 cm³/mol. The third-order valence-electron chi connectivity index (χ3n) is 6.90. The number of ether oxygens (including phenoxy) is 2. The van der Waals surface area contributed by atoms with E-state index < -0.39 is 17.3 Å². The van der Waals surface area contributed by atoms with Crippen LogP contribution in [0.2, 0.25) is 0 Å². The Labute approximate surface area is 202 Å². The van der Waals surface area contributed by atoms with Crippen LogP contribution in [0.5, 0.6) is 0 Å². The Morgan fingerprint density at radius 1 is 1.20 bits per heavy atom. The number of carbonyl (C=O) groups is 2. The van der Waals surface area contributed by atoms with Crippen molar-refractivity contribution in [1.82, 2.24) is 10.2 Å². The third-order valence-corrected chi connectivity index (χ3v) is 6.90. The fourth-order valence-electron chi connectivity index (χ4n) is 5.01. The van der Waals surface area contributed by atoms with Crippen molar-refractivity contribution >= 4 is 17.5 Å². The molecule has 1 aromatic rings. The number of nitrogens with one attached hydrogen (secondary N) is 1. The molecule has 2 aliphatic heterocycles. The molecular formula is C24H31F3N4O4. The van der Waals surface area contributed by atoms with Crippen molar-refractivity contribution in [3.63, 3.8) is 0 Å². The number of methoxy groups -OCH3 is 1. The summed E-state index contributed by atoms with van der Waals surface area (Å²) in [7, 11) is 3.12. The maximum Gasteiger partial charge on any atom is 0.417 e. The molecule has 2 fully saturated rings. The topological polar surface area (TPSA) is 94.9 Å². The van der Waals surface area contributed by atoms with Crippen LogP contribution in [0.25, 0.3) is 0 Å². The van der Waals surface area contributed by atoms with Crippen LogP contribution in [0, 0.1) is 29.1 Å². The molecule has 0 aliphatic carbocycles. The van der Waals surface area contributed by atoms with Crippen molar-refractivity contribution in [2.45, 2.75) is 19.0 Å². The van der Waals surface area contributed by atoms with Crippen LogP contribution in [-0.4, -0.2) is 76.9 Å². The molecule has 0 aromatic heterocycles. The van der Waals surface area contributed by atoms with E-state index in [0.29, 0.717) is 57.9 Å². The van der Waals surface area contributed by atoms with Gasteiger partial charge in [-0.3, -0.25) is 9.59 Å². The predicted octanol–water partition coefficient (Wildman–Crippen LogP) is 2.28. The maximum absolute atomic E-state index is 13.4. The number of halogens is 3. The highest BCUT2D eigenvalue weighted by Crippen LogP contribution is 2.39. The average molecular weight is 497 g/mol. The van der Waals surface area contributed by atoms with Crippen LogP contribution in [0.3, 0.4) is 0 Å². The normalized spacial score (nSPS) is 21.1. The van der Waals surface area contributed by atoms with Crippen molar-refractivity contribution < 1.29 is 32.2 Å². The molecule has 2 saturated heterocycles. The second kappa shape index (κ2) is 11.7. The van der Waals surface area contributed by atoms with Crippen molar-refractivity contribution in [3.05, 3.63) is 29.3 Å². The second-order valence-electron chi connectivity index (χ2n) is 8.89. The lowest BCUT2D eigenvalue weighted by Crippen LogP contribution is -2.41. The molecule has 0 bridgehead atoms. The Hall–Kier alpha value is -2.84. The number of benzene rings is 1. The minimum absolute atomic E-state index is 0.0354. The Kier molecular flexibility index (Phi) is 8.97. The van der Waals surface area contributed by atoms with Crippen molar-refractivity contribution in [3.8, 4) is 6.07 Å². The summed E-state index contributed by atoms with van der Waals surface area (Å²) in [5, 5.41) is 11.7. The van der Waals surface area contributed by atoms with Gasteiger partial charge in [0, 0.05) is 46.0 Å². The van der Waals surface area contributed by atoms with Gasteiger partial charge in [-0.05, 0) is 42.9 Å². The van der Waals surface area contributed by atoms with E-state index in [1.807, 2.05) is 4.90 Å². The molecule has 0 saturated carbocycles. The highest BCUT2D eigenvalue weighted by Gasteiger charge is 2.44. The lowest BCUT2D eigenvalue weighted by molar-refractivity contribution is -0.138. The Morgan fingerprint density at radius 2 is 1.91 bits per heavy atom. The van der Waals surface area contributed by atoms with Gasteiger partial charge >= 0.3 is 6.18 Å². The molecular weight excluding hydrogens is 465 g/mol. The summed E-state index contributed by atoms with van der Waals surface area (Å²) >= 11 is 0. The summed E-state index contributed by atoms with van der Waals surface area (Å²) in [6, 6.07) is 5.39. The number of likely N-dealkylation sites (tertiary alicyclic amines) is 1. The quantitative estimate of drug-likeness (QED) is 0.555. The average Bonchev–Trinajstić information content (AvgIpc) is 3.31. The molecule has 192 valence electrons. The molecule has 2 heterocycles. The van der Waals surface area contributed by atoms with Crippen LogP contribution in [0.15, 0.2) is 18.2 Å². The standard InChI is InChI=1S/C24H31F3N4O4/c1-29-23(33)20-14-31(22(32)15-35-10-9-34-2)13-19(20)16-5-7-30(8-6-16)18-4-3-17(12-28)21(11-18)24(25,26)27/h3-4,11,16,19-20H,5-10,13-15H2,1-2H3,(H,29,33)/t19-,20+/m0/s1. The first kappa shape index (κ1) is 26.8. The van der Waals surface area contributed by atoms with E-state index in [-0.39, 0.29) is 36.2 Å². The molecule has 35 heavy (non-hydrogen) atoms. The van der Waals surface area contributed by atoms with E-state index in [1.165, 1.54) is 6.07 Å². The fraction of sp³-hybridized carbons (Fsp3) is 0.625. The molecule has 8 nitrogen and oxygen atoms in total. The van der Waals surface area contributed by atoms with Crippen molar-refractivity contribution in [2.24, 2.45) is 17.8 Å². The fourth-order valence-corrected chi connectivity index (χ4v) is 5.01. The monoisotopic (exact) mass is 496 g/mol. The number of nitriles is 1. The molecule has 0 unspecified atom stereocenters. The van der Waals surface area contributed by atoms with E-state index in [2.05, 4.69) is 5.32 Å². The van der Waals surface area contributed by atoms with E-state index >= 15 is 0 Å². The number of hydrogen-bond acceptors (Lipinski definition) is 6. The summed E-state index contributed by atoms with van der Waals surface area (Å²) in [5.74, 6) is -0.513. The summed E-state index contributed by atoms with van der Waals surface area (Å²) in [6.07, 6.45) is -3.23. The van der Waals surface area contributed by atoms with Crippen LogP contribution in [0.1, 0.15) is 24.0 Å². The molecule has 1 N–H and O–H groups in total. The maximum atomic E-state index is 13.4. The Balaban J connectivity index is 1.65. The summed E-state index contributed by atoms with van der Waals surface area (Å²) in [5.41, 5.74) is -0.905. The number of rotatable bonds is 8. The highest BCUT2D eigenvalue weighted by molar-refractivity contribution is 5.82. The van der Waals surface area contributed by atoms with Gasteiger partial charge in [0.1, 0.15) is 6.61 Å². The van der Waals surface area contributed by atoms with E-state index in [1.54, 1.807) is 31.2 Å². The molecule has 3 rings (SSSR count). The van der Waals surface area contributed by atoms with Gasteiger partial charge in [0.2, 0.25) is 11.8 Å². The molecule has 2 amide bonds. The summed E-state index contributed by atoms with van der Waals surface area (Å²) in [4.78, 5) is 28.7. The molecule has 2 aliphatic rings. The number of alkyl halides is 3. The van der Waals surface area contributed by atoms with Crippen LogP contribution >= 0.6 is 0 Å². The van der Waals surface area contributed by atoms with Gasteiger partial charge in [-0.2, -0.15) is 18.4 Å². The largest absolute Gasteiger partial charge is 0.417 e. The first-order valence-corrected chi connectivity index (χ1v) is 11.6. The minimum Gasteiger partial charge on any atom is -0.382 e. The zero-order valence-corrected chi connectivity index (χ0v) is 19.9. The molecule has 0 spiro atoms. The minimum atomic E-state index is -4.60. The van der Waals surface area contributed by atoms with Gasteiger partial charge in [0.05, 0.1) is 36.3 Å². The number of hydrogen-bond donors (Lipinski definition) is 1.